The largest absolute Gasteiger partial charge is 0.412 e. The molecule has 0 aromatic carbocycles. The Hall–Kier alpha value is -0.630. The van der Waals surface area contributed by atoms with Crippen molar-refractivity contribution in [2.75, 3.05) is 13.2 Å². The van der Waals surface area contributed by atoms with Gasteiger partial charge in [-0.1, -0.05) is 0 Å². The van der Waals surface area contributed by atoms with Crippen molar-refractivity contribution in [3.05, 3.63) is 0 Å². The normalized spacial score (nSPS) is 20.6. The Morgan fingerprint density at radius 2 is 2.27 bits per heavy atom. The van der Waals surface area contributed by atoms with Crippen molar-refractivity contribution >= 4 is 0 Å². The van der Waals surface area contributed by atoms with Gasteiger partial charge in [-0.25, -0.2) is 0 Å². The molecule has 0 amide bonds. The first kappa shape index (κ1) is 13.0. The van der Waals surface area contributed by atoms with Gasteiger partial charge < -0.3 is 15.3 Å². The molecule has 1 unspecified atom stereocenters. The van der Waals surface area contributed by atoms with Crippen LogP contribution in [0.4, 0.5) is 0 Å². The third-order valence-electron chi connectivity index (χ3n) is 1.23. The van der Waals surface area contributed by atoms with Gasteiger partial charge in [-0.15, -0.1) is 0 Å². The van der Waals surface area contributed by atoms with Crippen LogP contribution < -0.4 is 0 Å². The van der Waals surface area contributed by atoms with Crippen LogP contribution in [0.15, 0.2) is 0 Å². The molecule has 1 heterocycles. The van der Waals surface area contributed by atoms with Crippen LogP contribution in [-0.2, 0) is 4.74 Å². The van der Waals surface area contributed by atoms with Crippen molar-refractivity contribution in [1.29, 1.82) is 5.26 Å². The van der Waals surface area contributed by atoms with E-state index in [4.69, 9.17) is 15.1 Å². The minimum Gasteiger partial charge on any atom is -0.412 e. The molecule has 11 heavy (non-hydrogen) atoms. The third-order valence-corrected chi connectivity index (χ3v) is 1.23. The maximum absolute atomic E-state index is 8.44. The van der Waals surface area contributed by atoms with Crippen molar-refractivity contribution in [3.8, 4) is 6.07 Å². The number of aliphatic hydroxyl groups is 1. The summed E-state index contributed by atoms with van der Waals surface area (Å²) in [6.07, 6.45) is 2.31. The lowest BCUT2D eigenvalue weighted by Crippen LogP contribution is -2.09. The van der Waals surface area contributed by atoms with E-state index in [0.29, 0.717) is 0 Å². The Balaban J connectivity index is 0. The highest BCUT2D eigenvalue weighted by atomic mass is 16.5. The number of nitriles is 1. The van der Waals surface area contributed by atoms with Gasteiger partial charge in [0.15, 0.2) is 0 Å². The monoisotopic (exact) mass is 161 g/mol. The smallest absolute Gasteiger partial charge is 0.0806 e. The van der Waals surface area contributed by atoms with Gasteiger partial charge in [-0.3, -0.25) is 0 Å². The average molecular weight is 161 g/mol. The third kappa shape index (κ3) is 7.26. The second-order valence-electron chi connectivity index (χ2n) is 2.04. The lowest BCUT2D eigenvalue weighted by molar-refractivity contribution is 0.0591. The van der Waals surface area contributed by atoms with Crippen molar-refractivity contribution < 1.29 is 15.3 Å². The summed E-state index contributed by atoms with van der Waals surface area (Å²) in [4.78, 5) is 0. The first-order valence-corrected chi connectivity index (χ1v) is 3.38. The lowest BCUT2D eigenvalue weighted by Gasteiger charge is -2.00. The zero-order chi connectivity index (χ0) is 7.82. The summed E-state index contributed by atoms with van der Waals surface area (Å²) in [5, 5.41) is 15.8. The van der Waals surface area contributed by atoms with E-state index >= 15 is 0 Å². The highest BCUT2D eigenvalue weighted by Gasteiger charge is 2.12. The summed E-state index contributed by atoms with van der Waals surface area (Å²) in [5.41, 5.74) is 0. The molecule has 1 fully saturated rings. The fourth-order valence-electron chi connectivity index (χ4n) is 0.788. The molecular weight excluding hydrogens is 146 g/mol. The van der Waals surface area contributed by atoms with Crippen molar-refractivity contribution in [2.24, 2.45) is 0 Å². The molecular formula is C7H15NO3. The molecule has 4 heteroatoms. The van der Waals surface area contributed by atoms with E-state index in [1.165, 1.54) is 6.92 Å². The van der Waals surface area contributed by atoms with E-state index in [1.807, 2.05) is 0 Å². The van der Waals surface area contributed by atoms with E-state index in [0.717, 1.165) is 19.4 Å². The Labute approximate surface area is 66.7 Å². The molecule has 0 bridgehead atoms. The van der Waals surface area contributed by atoms with Gasteiger partial charge in [0.05, 0.1) is 18.8 Å². The molecule has 1 atom stereocenters. The first-order valence-electron chi connectivity index (χ1n) is 3.38. The quantitative estimate of drug-likeness (QED) is 0.581. The van der Waals surface area contributed by atoms with Gasteiger partial charge in [-0.05, 0) is 12.8 Å². The van der Waals surface area contributed by atoms with E-state index in [1.54, 1.807) is 6.07 Å². The second kappa shape index (κ2) is 9.37. The van der Waals surface area contributed by atoms with Gasteiger partial charge in [-0.2, -0.15) is 5.26 Å². The summed E-state index contributed by atoms with van der Waals surface area (Å²) in [5.74, 6) is 0. The molecule has 66 valence electrons. The van der Waals surface area contributed by atoms with Crippen LogP contribution in [0.25, 0.3) is 0 Å². The van der Waals surface area contributed by atoms with Gasteiger partial charge >= 0.3 is 0 Å². The lowest BCUT2D eigenvalue weighted by atomic mass is 10.2. The van der Waals surface area contributed by atoms with Gasteiger partial charge in [0.25, 0.3) is 0 Å². The van der Waals surface area contributed by atoms with Crippen molar-refractivity contribution in [1.82, 2.24) is 0 Å². The minimum atomic E-state index is 0. The molecule has 0 aliphatic carbocycles. The highest BCUT2D eigenvalue weighted by Crippen LogP contribution is 2.09. The summed E-state index contributed by atoms with van der Waals surface area (Å²) in [6, 6.07) is 1.75. The summed E-state index contributed by atoms with van der Waals surface area (Å²) in [7, 11) is 0. The number of hydrogen-bond donors (Lipinski definition) is 1. The predicted molar refractivity (Wildman–Crippen MR) is 41.0 cm³/mol. The molecule has 4 nitrogen and oxygen atoms in total. The molecule has 1 saturated heterocycles. The van der Waals surface area contributed by atoms with Crippen LogP contribution in [0.1, 0.15) is 19.8 Å². The van der Waals surface area contributed by atoms with Crippen LogP contribution in [-0.4, -0.2) is 29.9 Å². The van der Waals surface area contributed by atoms with E-state index < -0.39 is 0 Å². The summed E-state index contributed by atoms with van der Waals surface area (Å²) in [6.45, 7) is 2.46. The molecule has 0 saturated carbocycles. The molecule has 1 aliphatic rings. The molecule has 1 aliphatic heterocycles. The molecule has 0 radical (unpaired) electrons. The first-order chi connectivity index (χ1) is 4.85. The zero-order valence-corrected chi connectivity index (χ0v) is 6.71. The second-order valence-corrected chi connectivity index (χ2v) is 2.04. The number of aliphatic hydroxyl groups excluding tert-OH is 1. The Kier molecular flexibility index (Phi) is 11.1. The predicted octanol–water partition coefficient (Wildman–Crippen LogP) is -0.137. The van der Waals surface area contributed by atoms with Crippen molar-refractivity contribution in [2.45, 2.75) is 25.9 Å². The molecule has 0 aromatic heterocycles. The van der Waals surface area contributed by atoms with Crippen LogP contribution in [0.5, 0.6) is 0 Å². The van der Waals surface area contributed by atoms with E-state index in [9.17, 15) is 0 Å². The SMILES string of the molecule is CC#N.O.OCC1CCCO1. The topological polar surface area (TPSA) is 84.8 Å². The highest BCUT2D eigenvalue weighted by molar-refractivity contribution is 4.61. The summed E-state index contributed by atoms with van der Waals surface area (Å²) < 4.78 is 5.05. The maximum atomic E-state index is 8.44. The van der Waals surface area contributed by atoms with Crippen LogP contribution in [0.3, 0.4) is 0 Å². The number of nitrogens with zero attached hydrogens (tertiary/aromatic N) is 1. The molecule has 3 N–H and O–H groups in total. The maximum Gasteiger partial charge on any atom is 0.0806 e. The Bertz CT molecular complexity index is 105. The minimum absolute atomic E-state index is 0. The van der Waals surface area contributed by atoms with Crippen LogP contribution in [0.2, 0.25) is 0 Å². The van der Waals surface area contributed by atoms with Gasteiger partial charge in [0.2, 0.25) is 0 Å². The fourth-order valence-corrected chi connectivity index (χ4v) is 0.788. The number of rotatable bonds is 1. The standard InChI is InChI=1S/C5H10O2.C2H3N.H2O/c6-4-5-2-1-3-7-5;1-2-3;/h5-6H,1-4H2;1H3;1H2. The van der Waals surface area contributed by atoms with Gasteiger partial charge in [0.1, 0.15) is 0 Å². The Morgan fingerprint density at radius 3 is 2.45 bits per heavy atom. The summed E-state index contributed by atoms with van der Waals surface area (Å²) >= 11 is 0. The zero-order valence-electron chi connectivity index (χ0n) is 6.71. The van der Waals surface area contributed by atoms with Crippen LogP contribution >= 0.6 is 0 Å². The van der Waals surface area contributed by atoms with E-state index in [2.05, 4.69) is 0 Å². The molecule has 0 spiro atoms. The van der Waals surface area contributed by atoms with Gasteiger partial charge in [0, 0.05) is 13.5 Å². The molecule has 1 rings (SSSR count). The van der Waals surface area contributed by atoms with Crippen molar-refractivity contribution in [3.63, 3.8) is 0 Å². The fraction of sp³-hybridized carbons (Fsp3) is 0.857. The molecule has 0 aromatic rings. The van der Waals surface area contributed by atoms with E-state index in [-0.39, 0.29) is 18.2 Å². The average Bonchev–Trinajstić information content (AvgIpc) is 2.39. The Morgan fingerprint density at radius 1 is 1.73 bits per heavy atom. The number of hydrogen-bond acceptors (Lipinski definition) is 3. The van der Waals surface area contributed by atoms with Crippen LogP contribution in [0, 0.1) is 11.3 Å². The number of ether oxygens (including phenoxy) is 1.